The first-order chi connectivity index (χ1) is 15.1. The molecule has 1 aromatic carbocycles. The van der Waals surface area contributed by atoms with E-state index in [-0.39, 0.29) is 11.8 Å². The summed E-state index contributed by atoms with van der Waals surface area (Å²) >= 11 is 0. The summed E-state index contributed by atoms with van der Waals surface area (Å²) in [5.74, 6) is 0.163. The number of aromatic nitrogens is 1. The van der Waals surface area contributed by atoms with E-state index in [1.807, 2.05) is 21.9 Å². The molecule has 0 spiro atoms. The summed E-state index contributed by atoms with van der Waals surface area (Å²) in [4.78, 5) is 37.8. The van der Waals surface area contributed by atoms with Gasteiger partial charge in [-0.05, 0) is 24.6 Å². The molecule has 0 bridgehead atoms. The highest BCUT2D eigenvalue weighted by Crippen LogP contribution is 2.12. The van der Waals surface area contributed by atoms with Gasteiger partial charge in [0, 0.05) is 65.1 Å². The molecule has 0 atom stereocenters. The van der Waals surface area contributed by atoms with Crippen molar-refractivity contribution in [3.8, 4) is 0 Å². The maximum atomic E-state index is 12.8. The quantitative estimate of drug-likeness (QED) is 0.732. The number of rotatable bonds is 5. The van der Waals surface area contributed by atoms with Gasteiger partial charge in [-0.1, -0.05) is 35.9 Å². The number of hydrogen-bond acceptors (Lipinski definition) is 5. The lowest BCUT2D eigenvalue weighted by molar-refractivity contribution is -0.134. The predicted octanol–water partition coefficient (Wildman–Crippen LogP) is 1.49. The van der Waals surface area contributed by atoms with Gasteiger partial charge in [0.05, 0.1) is 6.54 Å². The summed E-state index contributed by atoms with van der Waals surface area (Å²) in [5, 5.41) is 0. The molecule has 0 unspecified atom stereocenters. The number of piperazine rings is 2. The van der Waals surface area contributed by atoms with E-state index in [2.05, 4.69) is 46.0 Å². The second-order valence-electron chi connectivity index (χ2n) is 8.43. The molecule has 7 heteroatoms. The second kappa shape index (κ2) is 10.0. The van der Waals surface area contributed by atoms with Crippen LogP contribution in [0, 0.1) is 6.92 Å². The van der Waals surface area contributed by atoms with Crippen LogP contribution in [0.25, 0.3) is 0 Å². The molecule has 2 amide bonds. The minimum Gasteiger partial charge on any atom is -0.339 e. The number of nitrogens with zero attached hydrogens (tertiary/aromatic N) is 5. The molecule has 4 rings (SSSR count). The smallest absolute Gasteiger partial charge is 0.272 e. The third-order valence-corrected chi connectivity index (χ3v) is 6.12. The lowest BCUT2D eigenvalue weighted by Gasteiger charge is -2.38. The Morgan fingerprint density at radius 3 is 2.23 bits per heavy atom. The van der Waals surface area contributed by atoms with Crippen molar-refractivity contribution >= 4 is 11.8 Å². The number of benzene rings is 1. The summed E-state index contributed by atoms with van der Waals surface area (Å²) in [6.45, 7) is 9.58. The summed E-state index contributed by atoms with van der Waals surface area (Å²) in [6, 6.07) is 14.0. The summed E-state index contributed by atoms with van der Waals surface area (Å²) in [6.07, 6.45) is 1.64. The van der Waals surface area contributed by atoms with Crippen molar-refractivity contribution in [1.82, 2.24) is 24.6 Å². The number of aryl methyl sites for hydroxylation is 1. The molecule has 2 aromatic rings. The molecular weight excluding hydrogens is 390 g/mol. The number of amides is 2. The minimum absolute atomic E-state index is 0.0312. The molecule has 0 saturated carbocycles. The lowest BCUT2D eigenvalue weighted by atomic mass is 10.1. The van der Waals surface area contributed by atoms with Crippen LogP contribution in [-0.4, -0.2) is 95.3 Å². The first kappa shape index (κ1) is 21.5. The van der Waals surface area contributed by atoms with E-state index in [1.54, 1.807) is 12.3 Å². The van der Waals surface area contributed by atoms with Crippen LogP contribution in [0.1, 0.15) is 21.6 Å². The first-order valence-corrected chi connectivity index (χ1v) is 11.1. The van der Waals surface area contributed by atoms with Crippen molar-refractivity contribution in [3.63, 3.8) is 0 Å². The molecule has 31 heavy (non-hydrogen) atoms. The van der Waals surface area contributed by atoms with Gasteiger partial charge in [0.15, 0.2) is 0 Å². The molecule has 0 radical (unpaired) electrons. The number of hydrogen-bond donors (Lipinski definition) is 0. The molecule has 2 aliphatic rings. The Hall–Kier alpha value is -2.77. The van der Waals surface area contributed by atoms with E-state index in [0.717, 1.165) is 45.8 Å². The molecule has 2 aliphatic heterocycles. The van der Waals surface area contributed by atoms with E-state index < -0.39 is 0 Å². The van der Waals surface area contributed by atoms with Crippen LogP contribution in [0.3, 0.4) is 0 Å². The fourth-order valence-corrected chi connectivity index (χ4v) is 4.28. The Morgan fingerprint density at radius 1 is 0.839 bits per heavy atom. The molecule has 7 nitrogen and oxygen atoms in total. The highest BCUT2D eigenvalue weighted by molar-refractivity contribution is 5.92. The largest absolute Gasteiger partial charge is 0.339 e. The number of pyridine rings is 1. The van der Waals surface area contributed by atoms with Crippen molar-refractivity contribution < 1.29 is 9.59 Å². The first-order valence-electron chi connectivity index (χ1n) is 11.1. The molecule has 0 N–H and O–H groups in total. The third kappa shape index (κ3) is 5.68. The highest BCUT2D eigenvalue weighted by Gasteiger charge is 2.26. The van der Waals surface area contributed by atoms with Gasteiger partial charge in [0.1, 0.15) is 5.69 Å². The van der Waals surface area contributed by atoms with Gasteiger partial charge < -0.3 is 9.80 Å². The predicted molar refractivity (Wildman–Crippen MR) is 120 cm³/mol. The van der Waals surface area contributed by atoms with Gasteiger partial charge in [0.2, 0.25) is 5.91 Å². The molecule has 1 aromatic heterocycles. The Kier molecular flexibility index (Phi) is 6.94. The zero-order valence-corrected chi connectivity index (χ0v) is 18.2. The van der Waals surface area contributed by atoms with Gasteiger partial charge in [0.25, 0.3) is 5.91 Å². The van der Waals surface area contributed by atoms with Crippen molar-refractivity contribution in [1.29, 1.82) is 0 Å². The highest BCUT2D eigenvalue weighted by atomic mass is 16.2. The maximum Gasteiger partial charge on any atom is 0.272 e. The Labute approximate surface area is 184 Å². The normalized spacial score (nSPS) is 18.2. The second-order valence-corrected chi connectivity index (χ2v) is 8.43. The van der Waals surface area contributed by atoms with Crippen molar-refractivity contribution in [2.45, 2.75) is 13.5 Å². The van der Waals surface area contributed by atoms with Crippen LogP contribution in [-0.2, 0) is 11.3 Å². The molecule has 2 saturated heterocycles. The SMILES string of the molecule is Cc1cccc(CN2CCN(C(=O)CN3CCN(C(=O)c4ccccn4)CC3)CC2)c1. The Bertz CT molecular complexity index is 888. The van der Waals surface area contributed by atoms with Crippen LogP contribution < -0.4 is 0 Å². The van der Waals surface area contributed by atoms with Gasteiger partial charge in [-0.15, -0.1) is 0 Å². The summed E-state index contributed by atoms with van der Waals surface area (Å²) in [7, 11) is 0. The Balaban J connectivity index is 1.19. The lowest BCUT2D eigenvalue weighted by Crippen LogP contribution is -2.54. The average molecular weight is 422 g/mol. The fraction of sp³-hybridized carbons (Fsp3) is 0.458. The standard InChI is InChI=1S/C24H31N5O2/c1-20-5-4-6-21(17-20)18-26-9-13-28(14-10-26)23(30)19-27-11-15-29(16-12-27)24(31)22-7-2-3-8-25-22/h2-8,17H,9-16,18-19H2,1H3. The molecule has 2 fully saturated rings. The number of carbonyl (C=O) groups excluding carboxylic acids is 2. The van der Waals surface area contributed by atoms with Crippen molar-refractivity contribution in [2.75, 3.05) is 58.9 Å². The number of carbonyl (C=O) groups is 2. The van der Waals surface area contributed by atoms with E-state index in [4.69, 9.17) is 0 Å². The van der Waals surface area contributed by atoms with Crippen molar-refractivity contribution in [3.05, 3.63) is 65.5 Å². The molecular formula is C24H31N5O2. The van der Waals surface area contributed by atoms with Crippen LogP contribution in [0.15, 0.2) is 48.7 Å². The zero-order valence-electron chi connectivity index (χ0n) is 18.2. The van der Waals surface area contributed by atoms with E-state index in [0.29, 0.717) is 25.3 Å². The van der Waals surface area contributed by atoms with E-state index >= 15 is 0 Å². The van der Waals surface area contributed by atoms with Crippen LogP contribution in [0.4, 0.5) is 0 Å². The maximum absolute atomic E-state index is 12.8. The van der Waals surface area contributed by atoms with Crippen LogP contribution >= 0.6 is 0 Å². The van der Waals surface area contributed by atoms with Crippen molar-refractivity contribution in [2.24, 2.45) is 0 Å². The average Bonchev–Trinajstić information content (AvgIpc) is 2.80. The third-order valence-electron chi connectivity index (χ3n) is 6.12. The van der Waals surface area contributed by atoms with Gasteiger partial charge in [-0.2, -0.15) is 0 Å². The van der Waals surface area contributed by atoms with Gasteiger partial charge >= 0.3 is 0 Å². The Morgan fingerprint density at radius 2 is 1.55 bits per heavy atom. The van der Waals surface area contributed by atoms with Gasteiger partial charge in [-0.25, -0.2) is 0 Å². The van der Waals surface area contributed by atoms with Crippen LogP contribution in [0.2, 0.25) is 0 Å². The summed E-state index contributed by atoms with van der Waals surface area (Å²) in [5.41, 5.74) is 3.10. The molecule has 164 valence electrons. The van der Waals surface area contributed by atoms with Crippen LogP contribution in [0.5, 0.6) is 0 Å². The monoisotopic (exact) mass is 421 g/mol. The fourth-order valence-electron chi connectivity index (χ4n) is 4.28. The minimum atomic E-state index is -0.0312. The van der Waals surface area contributed by atoms with E-state index in [1.165, 1.54) is 11.1 Å². The summed E-state index contributed by atoms with van der Waals surface area (Å²) < 4.78 is 0. The topological polar surface area (TPSA) is 60.0 Å². The zero-order chi connectivity index (χ0) is 21.6. The molecule has 3 heterocycles. The van der Waals surface area contributed by atoms with E-state index in [9.17, 15) is 9.59 Å². The van der Waals surface area contributed by atoms with Gasteiger partial charge in [-0.3, -0.25) is 24.4 Å². The molecule has 0 aliphatic carbocycles.